The largest absolute Gasteiger partial charge is 0.504 e. The highest BCUT2D eigenvalue weighted by Gasteiger charge is 2.47. The molecule has 0 bridgehead atoms. The van der Waals surface area contributed by atoms with Crippen molar-refractivity contribution in [1.82, 2.24) is 0 Å². The summed E-state index contributed by atoms with van der Waals surface area (Å²) < 4.78 is 24.5. The first-order valence-corrected chi connectivity index (χ1v) is 11.9. The minimum absolute atomic E-state index is 0.129. The Hall–Kier alpha value is -3.40. The molecule has 3 atom stereocenters. The number of aliphatic hydroxyl groups is 1. The lowest BCUT2D eigenvalue weighted by atomic mass is 9.80. The molecular formula is C31H32O5. The van der Waals surface area contributed by atoms with Crippen molar-refractivity contribution in [3.8, 4) is 12.3 Å². The molecule has 5 heteroatoms. The Morgan fingerprint density at radius 3 is 1.83 bits per heavy atom. The summed E-state index contributed by atoms with van der Waals surface area (Å²) in [6, 6.07) is 30.3. The minimum Gasteiger partial charge on any atom is -0.504 e. The van der Waals surface area contributed by atoms with Gasteiger partial charge in [0.1, 0.15) is 23.9 Å². The van der Waals surface area contributed by atoms with E-state index in [1.807, 2.05) is 54.6 Å². The maximum atomic E-state index is 10.5. The fraction of sp³-hybridized carbons (Fsp3) is 0.290. The van der Waals surface area contributed by atoms with Gasteiger partial charge < -0.3 is 24.1 Å². The molecular weight excluding hydrogens is 452 g/mol. The van der Waals surface area contributed by atoms with Gasteiger partial charge in [-0.1, -0.05) is 96.9 Å². The molecule has 0 spiro atoms. The van der Waals surface area contributed by atoms with Gasteiger partial charge in [0.05, 0.1) is 20.0 Å². The van der Waals surface area contributed by atoms with Crippen molar-refractivity contribution in [2.75, 3.05) is 13.7 Å². The molecule has 0 unspecified atom stereocenters. The van der Waals surface area contributed by atoms with Crippen molar-refractivity contribution in [3.05, 3.63) is 120 Å². The van der Waals surface area contributed by atoms with E-state index in [9.17, 15) is 5.11 Å². The summed E-state index contributed by atoms with van der Waals surface area (Å²) in [6.45, 7) is 3.71. The van der Waals surface area contributed by atoms with E-state index in [1.54, 1.807) is 27.2 Å². The third-order valence-electron chi connectivity index (χ3n) is 6.24. The monoisotopic (exact) mass is 484 g/mol. The van der Waals surface area contributed by atoms with E-state index in [0.717, 1.165) is 16.7 Å². The van der Waals surface area contributed by atoms with Crippen molar-refractivity contribution in [3.63, 3.8) is 0 Å². The molecule has 1 heterocycles. The number of benzene rings is 3. The van der Waals surface area contributed by atoms with Crippen molar-refractivity contribution >= 4 is 0 Å². The summed E-state index contributed by atoms with van der Waals surface area (Å²) >= 11 is 0. The normalized spacial score (nSPS) is 20.5. The molecule has 0 amide bonds. The summed E-state index contributed by atoms with van der Waals surface area (Å²) in [4.78, 5) is 0. The Balaban J connectivity index is 1.80. The molecule has 4 rings (SSSR count). The Morgan fingerprint density at radius 2 is 1.42 bits per heavy atom. The molecule has 1 N–H and O–H groups in total. The zero-order chi connectivity index (χ0) is 25.6. The topological polar surface area (TPSA) is 57.2 Å². The lowest BCUT2D eigenvalue weighted by molar-refractivity contribution is -0.150. The molecule has 1 fully saturated rings. The summed E-state index contributed by atoms with van der Waals surface area (Å²) in [5.41, 5.74) is 2.66. The van der Waals surface area contributed by atoms with Crippen molar-refractivity contribution < 1.29 is 24.1 Å². The van der Waals surface area contributed by atoms with Gasteiger partial charge in [0, 0.05) is 5.57 Å². The van der Waals surface area contributed by atoms with Crippen LogP contribution in [0, 0.1) is 12.3 Å². The molecule has 186 valence electrons. The Bertz CT molecular complexity index is 1090. The van der Waals surface area contributed by atoms with Crippen LogP contribution < -0.4 is 0 Å². The van der Waals surface area contributed by atoms with Gasteiger partial charge in [-0.15, -0.1) is 6.42 Å². The SMILES string of the molecule is C#C[C@H](O)[C@@H]1OC(C)(C)O[C@@H]1/C(=C/OC)COC(c1ccccc1)(c1ccccc1)c1ccccc1. The van der Waals surface area contributed by atoms with Crippen molar-refractivity contribution in [2.24, 2.45) is 0 Å². The van der Waals surface area contributed by atoms with Gasteiger partial charge in [-0.2, -0.15) is 0 Å². The van der Waals surface area contributed by atoms with Crippen LogP contribution in [0.15, 0.2) is 103 Å². The predicted octanol–water partition coefficient (Wildman–Crippen LogP) is 5.04. The van der Waals surface area contributed by atoms with Crippen LogP contribution in [-0.2, 0) is 24.5 Å². The number of ether oxygens (including phenoxy) is 4. The first-order valence-electron chi connectivity index (χ1n) is 11.9. The van der Waals surface area contributed by atoms with E-state index in [0.29, 0.717) is 5.57 Å². The molecule has 36 heavy (non-hydrogen) atoms. The second-order valence-corrected chi connectivity index (χ2v) is 9.13. The van der Waals surface area contributed by atoms with Crippen LogP contribution in [0.2, 0.25) is 0 Å². The quantitative estimate of drug-likeness (QED) is 0.262. The van der Waals surface area contributed by atoms with Crippen LogP contribution in [0.5, 0.6) is 0 Å². The average molecular weight is 485 g/mol. The number of rotatable bonds is 9. The fourth-order valence-corrected chi connectivity index (χ4v) is 4.70. The minimum atomic E-state index is -1.15. The molecule has 0 radical (unpaired) electrons. The predicted molar refractivity (Wildman–Crippen MR) is 139 cm³/mol. The smallest absolute Gasteiger partial charge is 0.164 e. The van der Waals surface area contributed by atoms with Crippen LogP contribution in [0.4, 0.5) is 0 Å². The van der Waals surface area contributed by atoms with Crippen molar-refractivity contribution in [1.29, 1.82) is 0 Å². The second-order valence-electron chi connectivity index (χ2n) is 9.13. The van der Waals surface area contributed by atoms with Gasteiger partial charge in [-0.25, -0.2) is 0 Å². The molecule has 5 nitrogen and oxygen atoms in total. The van der Waals surface area contributed by atoms with Crippen LogP contribution in [0.1, 0.15) is 30.5 Å². The summed E-state index contributed by atoms with van der Waals surface area (Å²) in [5, 5.41) is 10.5. The van der Waals surface area contributed by atoms with E-state index in [-0.39, 0.29) is 6.61 Å². The van der Waals surface area contributed by atoms with Gasteiger partial charge in [0.15, 0.2) is 5.79 Å². The molecule has 1 aliphatic heterocycles. The number of methoxy groups -OCH3 is 1. The molecule has 0 aromatic heterocycles. The van der Waals surface area contributed by atoms with E-state index >= 15 is 0 Å². The first-order chi connectivity index (χ1) is 17.4. The Morgan fingerprint density at radius 1 is 0.944 bits per heavy atom. The average Bonchev–Trinajstić information content (AvgIpc) is 3.25. The number of aliphatic hydroxyl groups excluding tert-OH is 1. The van der Waals surface area contributed by atoms with Crippen LogP contribution in [0.3, 0.4) is 0 Å². The van der Waals surface area contributed by atoms with E-state index in [2.05, 4.69) is 42.3 Å². The summed E-state index contributed by atoms with van der Waals surface area (Å²) in [5.74, 6) is 1.43. The molecule has 1 aliphatic rings. The van der Waals surface area contributed by atoms with E-state index < -0.39 is 29.7 Å². The van der Waals surface area contributed by atoms with Crippen molar-refractivity contribution in [2.45, 2.75) is 43.5 Å². The van der Waals surface area contributed by atoms with E-state index in [1.165, 1.54) is 0 Å². The van der Waals surface area contributed by atoms with Crippen LogP contribution in [0.25, 0.3) is 0 Å². The summed E-state index contributed by atoms with van der Waals surface area (Å²) in [7, 11) is 1.56. The third-order valence-corrected chi connectivity index (χ3v) is 6.24. The van der Waals surface area contributed by atoms with Gasteiger partial charge >= 0.3 is 0 Å². The zero-order valence-electron chi connectivity index (χ0n) is 20.8. The van der Waals surface area contributed by atoms with Gasteiger partial charge in [0.2, 0.25) is 0 Å². The molecule has 0 aliphatic carbocycles. The third kappa shape index (κ3) is 5.23. The maximum Gasteiger partial charge on any atom is 0.164 e. The highest BCUT2D eigenvalue weighted by molar-refractivity contribution is 5.47. The molecule has 1 saturated heterocycles. The highest BCUT2D eigenvalue weighted by Crippen LogP contribution is 2.42. The lowest BCUT2D eigenvalue weighted by Crippen LogP contribution is -2.39. The maximum absolute atomic E-state index is 10.5. The number of terminal acetylenes is 1. The first kappa shape index (κ1) is 25.7. The zero-order valence-corrected chi connectivity index (χ0v) is 20.8. The highest BCUT2D eigenvalue weighted by atomic mass is 16.8. The Labute approximate surface area is 213 Å². The Kier molecular flexibility index (Phi) is 7.93. The molecule has 3 aromatic rings. The second kappa shape index (κ2) is 11.1. The number of hydrogen-bond acceptors (Lipinski definition) is 5. The van der Waals surface area contributed by atoms with Gasteiger partial charge in [-0.05, 0) is 30.5 Å². The lowest BCUT2D eigenvalue weighted by Gasteiger charge is -2.36. The summed E-state index contributed by atoms with van der Waals surface area (Å²) in [6.07, 6.45) is 4.53. The molecule has 0 saturated carbocycles. The standard InChI is InChI=1S/C31H32O5/c1-5-27(32)29-28(35-30(2,3)36-29)23(21-33-4)22-34-31(24-15-9-6-10-16-24,25-17-11-7-12-18-25)26-19-13-8-14-20-26/h1,6-21,27-29,32H,22H2,2-4H3/b23-21+/t27-,28+,29-/m0/s1. The van der Waals surface area contributed by atoms with E-state index in [4.69, 9.17) is 25.4 Å². The van der Waals surface area contributed by atoms with Crippen LogP contribution >= 0.6 is 0 Å². The van der Waals surface area contributed by atoms with Gasteiger partial charge in [0.25, 0.3) is 0 Å². The molecule has 3 aromatic carbocycles. The van der Waals surface area contributed by atoms with Gasteiger partial charge in [-0.3, -0.25) is 0 Å². The van der Waals surface area contributed by atoms with Crippen LogP contribution in [-0.4, -0.2) is 42.9 Å². The number of hydrogen-bond donors (Lipinski definition) is 1. The fourth-order valence-electron chi connectivity index (χ4n) is 4.70.